The largest absolute Gasteiger partial charge is 0.508 e. The van der Waals surface area contributed by atoms with Crippen LogP contribution in [0.25, 0.3) is 0 Å². The van der Waals surface area contributed by atoms with Crippen LogP contribution >= 0.6 is 0 Å². The van der Waals surface area contributed by atoms with Crippen LogP contribution < -0.4 is 22.1 Å². The van der Waals surface area contributed by atoms with Crippen LogP contribution in [0.3, 0.4) is 0 Å². The second-order valence-electron chi connectivity index (χ2n) is 7.63. The molecule has 2 aromatic carbocycles. The second-order valence-corrected chi connectivity index (χ2v) is 7.63. The number of carboxylic acid groups (broad SMARTS) is 1. The number of aliphatic carboxylic acids is 1. The highest BCUT2D eigenvalue weighted by Crippen LogP contribution is 2.11. The molecule has 0 saturated heterocycles. The summed E-state index contributed by atoms with van der Waals surface area (Å²) in [5.74, 6) is -3.25. The molecule has 0 aliphatic heterocycles. The number of phenolic OH excluding ortho intramolecular Hbond substituents is 1. The summed E-state index contributed by atoms with van der Waals surface area (Å²) in [7, 11) is 0. The van der Waals surface area contributed by atoms with Gasteiger partial charge in [-0.15, -0.1) is 0 Å². The van der Waals surface area contributed by atoms with Crippen molar-refractivity contribution in [2.45, 2.75) is 43.8 Å². The number of amides is 3. The van der Waals surface area contributed by atoms with E-state index in [1.807, 2.05) is 0 Å². The first kappa shape index (κ1) is 25.3. The highest BCUT2D eigenvalue weighted by Gasteiger charge is 2.28. The van der Waals surface area contributed by atoms with E-state index in [9.17, 15) is 29.4 Å². The number of rotatable bonds is 12. The van der Waals surface area contributed by atoms with Gasteiger partial charge in [0.05, 0.1) is 6.04 Å². The normalized spacial score (nSPS) is 13.4. The van der Waals surface area contributed by atoms with Gasteiger partial charge in [-0.05, 0) is 36.1 Å². The zero-order chi connectivity index (χ0) is 24.4. The molecule has 0 spiro atoms. The van der Waals surface area contributed by atoms with Gasteiger partial charge >= 0.3 is 5.97 Å². The van der Waals surface area contributed by atoms with Gasteiger partial charge in [-0.3, -0.25) is 14.4 Å². The Kier molecular flexibility index (Phi) is 9.37. The Balaban J connectivity index is 2.06. The van der Waals surface area contributed by atoms with Crippen LogP contribution in [0.4, 0.5) is 0 Å². The van der Waals surface area contributed by atoms with Gasteiger partial charge in [-0.25, -0.2) is 4.79 Å². The first-order chi connectivity index (χ1) is 15.7. The number of nitrogens with two attached hydrogens (primary N) is 2. The molecule has 0 aliphatic carbocycles. The Morgan fingerprint density at radius 2 is 1.39 bits per heavy atom. The lowest BCUT2D eigenvalue weighted by Gasteiger charge is -2.23. The number of carboxylic acids is 1. The van der Waals surface area contributed by atoms with E-state index in [0.29, 0.717) is 11.1 Å². The third-order valence-electron chi connectivity index (χ3n) is 4.94. The first-order valence-electron chi connectivity index (χ1n) is 10.3. The molecule has 2 rings (SSSR count). The van der Waals surface area contributed by atoms with E-state index < -0.39 is 41.8 Å². The number of hydrogen-bond donors (Lipinski definition) is 6. The molecular formula is C23H28N4O6. The third-order valence-corrected chi connectivity index (χ3v) is 4.94. The van der Waals surface area contributed by atoms with Gasteiger partial charge in [-0.1, -0.05) is 42.5 Å². The molecule has 0 aromatic heterocycles. The van der Waals surface area contributed by atoms with Crippen molar-refractivity contribution in [3.05, 3.63) is 65.7 Å². The van der Waals surface area contributed by atoms with Gasteiger partial charge in [0.2, 0.25) is 17.7 Å². The molecule has 0 bridgehead atoms. The monoisotopic (exact) mass is 456 g/mol. The van der Waals surface area contributed by atoms with Gasteiger partial charge in [-0.2, -0.15) is 0 Å². The van der Waals surface area contributed by atoms with E-state index in [4.69, 9.17) is 11.5 Å². The molecule has 10 nitrogen and oxygen atoms in total. The number of primary amides is 1. The van der Waals surface area contributed by atoms with Crippen LogP contribution in [0.2, 0.25) is 0 Å². The maximum Gasteiger partial charge on any atom is 0.326 e. The summed E-state index contributed by atoms with van der Waals surface area (Å²) in [6.07, 6.45) is -0.126. The van der Waals surface area contributed by atoms with Crippen LogP contribution in [-0.4, -0.2) is 52.0 Å². The summed E-state index contributed by atoms with van der Waals surface area (Å²) >= 11 is 0. The first-order valence-corrected chi connectivity index (χ1v) is 10.3. The molecule has 0 aliphatic rings. The highest BCUT2D eigenvalue weighted by molar-refractivity contribution is 5.92. The Morgan fingerprint density at radius 3 is 1.97 bits per heavy atom. The van der Waals surface area contributed by atoms with Crippen LogP contribution in [0.5, 0.6) is 5.75 Å². The lowest BCUT2D eigenvalue weighted by molar-refractivity contribution is -0.142. The van der Waals surface area contributed by atoms with Crippen molar-refractivity contribution >= 4 is 23.7 Å². The number of aromatic hydroxyl groups is 1. The summed E-state index contributed by atoms with van der Waals surface area (Å²) in [5, 5.41) is 23.8. The van der Waals surface area contributed by atoms with E-state index in [-0.39, 0.29) is 31.4 Å². The van der Waals surface area contributed by atoms with Crippen molar-refractivity contribution in [1.82, 2.24) is 10.6 Å². The molecule has 0 saturated carbocycles. The molecule has 8 N–H and O–H groups in total. The van der Waals surface area contributed by atoms with Crippen LogP contribution in [0.1, 0.15) is 24.0 Å². The molecule has 0 fully saturated rings. The zero-order valence-electron chi connectivity index (χ0n) is 17.9. The fraction of sp³-hybridized carbons (Fsp3) is 0.304. The van der Waals surface area contributed by atoms with Gasteiger partial charge in [0.15, 0.2) is 0 Å². The van der Waals surface area contributed by atoms with Crippen molar-refractivity contribution in [1.29, 1.82) is 0 Å². The summed E-state index contributed by atoms with van der Waals surface area (Å²) in [5.41, 5.74) is 12.5. The molecule has 176 valence electrons. The minimum atomic E-state index is -1.24. The van der Waals surface area contributed by atoms with Crippen LogP contribution in [0.15, 0.2) is 54.6 Å². The summed E-state index contributed by atoms with van der Waals surface area (Å²) in [4.78, 5) is 48.3. The number of phenols is 1. The average Bonchev–Trinajstić information content (AvgIpc) is 2.77. The topological polar surface area (TPSA) is 185 Å². The lowest BCUT2D eigenvalue weighted by atomic mass is 10.0. The summed E-state index contributed by atoms with van der Waals surface area (Å²) in [6, 6.07) is 11.4. The average molecular weight is 456 g/mol. The van der Waals surface area contributed by atoms with Crippen molar-refractivity contribution < 1.29 is 29.4 Å². The predicted octanol–water partition coefficient (Wildman–Crippen LogP) is -0.176. The van der Waals surface area contributed by atoms with E-state index in [1.54, 1.807) is 42.5 Å². The SMILES string of the molecule is NC(=O)CCC(NC(=O)C(N)Cc1ccc(O)cc1)C(=O)NC(Cc1ccccc1)C(=O)O. The van der Waals surface area contributed by atoms with Gasteiger partial charge < -0.3 is 32.3 Å². The third kappa shape index (κ3) is 8.62. The van der Waals surface area contributed by atoms with E-state index in [0.717, 1.165) is 0 Å². The summed E-state index contributed by atoms with van der Waals surface area (Å²) < 4.78 is 0. The second kappa shape index (κ2) is 12.2. The molecule has 33 heavy (non-hydrogen) atoms. The maximum atomic E-state index is 12.8. The number of carbonyl (C=O) groups is 4. The molecule has 0 heterocycles. The van der Waals surface area contributed by atoms with E-state index in [1.165, 1.54) is 12.1 Å². The minimum Gasteiger partial charge on any atom is -0.508 e. The number of hydrogen-bond acceptors (Lipinski definition) is 6. The number of carbonyl (C=O) groups excluding carboxylic acids is 3. The summed E-state index contributed by atoms with van der Waals surface area (Å²) in [6.45, 7) is 0. The predicted molar refractivity (Wildman–Crippen MR) is 120 cm³/mol. The van der Waals surface area contributed by atoms with E-state index >= 15 is 0 Å². The molecular weight excluding hydrogens is 428 g/mol. The fourth-order valence-electron chi connectivity index (χ4n) is 3.14. The van der Waals surface area contributed by atoms with Gasteiger partial charge in [0, 0.05) is 12.8 Å². The van der Waals surface area contributed by atoms with Gasteiger partial charge in [0.25, 0.3) is 0 Å². The van der Waals surface area contributed by atoms with Gasteiger partial charge in [0.1, 0.15) is 17.8 Å². The molecule has 10 heteroatoms. The van der Waals surface area contributed by atoms with Crippen LogP contribution in [-0.2, 0) is 32.0 Å². The fourth-order valence-corrected chi connectivity index (χ4v) is 3.14. The smallest absolute Gasteiger partial charge is 0.326 e. The van der Waals surface area contributed by atoms with E-state index in [2.05, 4.69) is 10.6 Å². The molecule has 3 amide bonds. The molecule has 0 radical (unpaired) electrons. The quantitative estimate of drug-likeness (QED) is 0.256. The van der Waals surface area contributed by atoms with Crippen molar-refractivity contribution in [3.8, 4) is 5.75 Å². The molecule has 2 aromatic rings. The number of nitrogens with one attached hydrogen (secondary N) is 2. The van der Waals surface area contributed by atoms with Crippen molar-refractivity contribution in [2.24, 2.45) is 11.5 Å². The molecule has 3 unspecified atom stereocenters. The van der Waals surface area contributed by atoms with Crippen molar-refractivity contribution in [2.75, 3.05) is 0 Å². The Labute approximate surface area is 191 Å². The Bertz CT molecular complexity index is 965. The maximum absolute atomic E-state index is 12.8. The lowest BCUT2D eigenvalue weighted by Crippen LogP contribution is -2.55. The van der Waals surface area contributed by atoms with Crippen molar-refractivity contribution in [3.63, 3.8) is 0 Å². The Hall–Kier alpha value is -3.92. The number of benzene rings is 2. The highest BCUT2D eigenvalue weighted by atomic mass is 16.4. The standard InChI is InChI=1S/C23H28N4O6/c24-17(12-15-6-8-16(28)9-7-15)21(30)26-18(10-11-20(25)29)22(31)27-19(23(32)33)13-14-4-2-1-3-5-14/h1-9,17-19,28H,10-13,24H2,(H2,25,29)(H,26,30)(H,27,31)(H,32,33). The van der Waals surface area contributed by atoms with Crippen LogP contribution in [0, 0.1) is 0 Å². The molecule has 3 atom stereocenters. The Morgan fingerprint density at radius 1 is 0.818 bits per heavy atom. The minimum absolute atomic E-state index is 0.0404. The zero-order valence-corrected chi connectivity index (χ0v) is 17.9.